The van der Waals surface area contributed by atoms with Crippen molar-refractivity contribution in [1.29, 1.82) is 0 Å². The van der Waals surface area contributed by atoms with Crippen molar-refractivity contribution < 1.29 is 8.42 Å². The van der Waals surface area contributed by atoms with Gasteiger partial charge in [0, 0.05) is 30.6 Å². The maximum atomic E-state index is 13.3. The fourth-order valence-corrected chi connectivity index (χ4v) is 5.31. The van der Waals surface area contributed by atoms with E-state index in [4.69, 9.17) is 0 Å². The van der Waals surface area contributed by atoms with Gasteiger partial charge in [-0.2, -0.15) is 5.10 Å². The minimum Gasteiger partial charge on any atom is -0.324 e. The minimum atomic E-state index is -3.66. The van der Waals surface area contributed by atoms with Gasteiger partial charge in [0.1, 0.15) is 11.6 Å². The van der Waals surface area contributed by atoms with Crippen LogP contribution in [-0.2, 0) is 15.4 Å². The first kappa shape index (κ1) is 21.5. The summed E-state index contributed by atoms with van der Waals surface area (Å²) in [6.45, 7) is 6.51. The first-order valence-electron chi connectivity index (χ1n) is 10.5. The molecule has 2 aromatic heterocycles. The Bertz CT molecular complexity index is 1150. The summed E-state index contributed by atoms with van der Waals surface area (Å²) in [4.78, 5) is 8.61. The molecule has 31 heavy (non-hydrogen) atoms. The van der Waals surface area contributed by atoms with Crippen LogP contribution in [0.3, 0.4) is 0 Å². The van der Waals surface area contributed by atoms with E-state index < -0.39 is 15.4 Å². The van der Waals surface area contributed by atoms with Crippen molar-refractivity contribution in [1.82, 2.24) is 24.5 Å². The van der Waals surface area contributed by atoms with Gasteiger partial charge in [-0.25, -0.2) is 22.8 Å². The van der Waals surface area contributed by atoms with Crippen LogP contribution in [0.5, 0.6) is 0 Å². The van der Waals surface area contributed by atoms with Crippen LogP contribution in [-0.4, -0.2) is 34.7 Å². The number of benzene rings is 1. The van der Waals surface area contributed by atoms with Gasteiger partial charge in [0.2, 0.25) is 10.0 Å². The van der Waals surface area contributed by atoms with E-state index in [1.165, 1.54) is 6.42 Å². The molecule has 1 fully saturated rings. The van der Waals surface area contributed by atoms with Gasteiger partial charge in [0.25, 0.3) is 0 Å². The minimum absolute atomic E-state index is 0.290. The number of sulfonamides is 1. The molecule has 4 rings (SSSR count). The van der Waals surface area contributed by atoms with Crippen molar-refractivity contribution in [2.75, 3.05) is 11.9 Å². The molecule has 0 radical (unpaired) electrons. The maximum absolute atomic E-state index is 13.3. The van der Waals surface area contributed by atoms with Crippen LogP contribution in [0.4, 0.5) is 11.6 Å². The number of nitrogens with one attached hydrogen (secondary N) is 2. The van der Waals surface area contributed by atoms with Crippen LogP contribution in [0, 0.1) is 5.92 Å². The average molecular weight is 441 g/mol. The van der Waals surface area contributed by atoms with E-state index in [0.717, 1.165) is 12.8 Å². The predicted octanol–water partition coefficient (Wildman–Crippen LogP) is 3.78. The van der Waals surface area contributed by atoms with Gasteiger partial charge in [0.15, 0.2) is 0 Å². The Balaban J connectivity index is 1.76. The number of nitrogens with zero attached hydrogens (tertiary/aromatic N) is 4. The van der Waals surface area contributed by atoms with E-state index >= 15 is 0 Å². The quantitative estimate of drug-likeness (QED) is 0.580. The lowest BCUT2D eigenvalue weighted by molar-refractivity contribution is 0.316. The summed E-state index contributed by atoms with van der Waals surface area (Å²) in [7, 11) is -3.66. The zero-order valence-corrected chi connectivity index (χ0v) is 18.9. The Kier molecular flexibility index (Phi) is 5.81. The molecule has 1 saturated carbocycles. The predicted molar refractivity (Wildman–Crippen MR) is 120 cm³/mol. The number of anilines is 2. The standard InChI is InChI=1S/C22H28N6O2S/c1-22(2,3)21-17(28-20(10-11-25-28)27-19-15-23-12-13-24-19)8-5-9-18(21)31(29,30)26-14-16-6-4-7-16/h5,8-13,15-16,26H,4,6-7,14H2,1-3H3,(H,24,27). The normalized spacial score (nSPS) is 14.9. The monoisotopic (exact) mass is 440 g/mol. The molecule has 164 valence electrons. The number of hydrogen-bond acceptors (Lipinski definition) is 6. The number of rotatable bonds is 7. The highest BCUT2D eigenvalue weighted by molar-refractivity contribution is 7.89. The van der Waals surface area contributed by atoms with Crippen LogP contribution in [0.25, 0.3) is 5.69 Å². The zero-order valence-electron chi connectivity index (χ0n) is 18.0. The second-order valence-electron chi connectivity index (χ2n) is 8.89. The molecule has 0 aliphatic heterocycles. The third-order valence-electron chi connectivity index (χ3n) is 5.52. The highest BCUT2D eigenvalue weighted by Crippen LogP contribution is 2.36. The Labute approximate surface area is 183 Å². The van der Waals surface area contributed by atoms with Crippen molar-refractivity contribution in [3.8, 4) is 5.69 Å². The van der Waals surface area contributed by atoms with E-state index in [-0.39, 0.29) is 4.90 Å². The Morgan fingerprint density at radius 2 is 1.94 bits per heavy atom. The lowest BCUT2D eigenvalue weighted by atomic mass is 9.85. The molecular formula is C22H28N6O2S. The summed E-state index contributed by atoms with van der Waals surface area (Å²) < 4.78 is 31.1. The third kappa shape index (κ3) is 4.62. The fourth-order valence-electron chi connectivity index (χ4n) is 3.76. The number of hydrogen-bond donors (Lipinski definition) is 2. The molecule has 0 bridgehead atoms. The molecule has 9 heteroatoms. The molecule has 0 saturated heterocycles. The highest BCUT2D eigenvalue weighted by atomic mass is 32.2. The second kappa shape index (κ2) is 8.39. The van der Waals surface area contributed by atoms with Crippen molar-refractivity contribution in [3.05, 3.63) is 54.6 Å². The third-order valence-corrected chi connectivity index (χ3v) is 6.99. The van der Waals surface area contributed by atoms with E-state index in [2.05, 4.69) is 25.1 Å². The molecule has 1 aliphatic carbocycles. The summed E-state index contributed by atoms with van der Waals surface area (Å²) in [5.41, 5.74) is 0.977. The number of aromatic nitrogens is 4. The van der Waals surface area contributed by atoms with Gasteiger partial charge in [-0.3, -0.25) is 4.98 Å². The Morgan fingerprint density at radius 3 is 2.58 bits per heavy atom. The van der Waals surface area contributed by atoms with Crippen LogP contribution < -0.4 is 10.0 Å². The van der Waals surface area contributed by atoms with Crippen LogP contribution >= 0.6 is 0 Å². The topological polar surface area (TPSA) is 102 Å². The van der Waals surface area contributed by atoms with E-state index in [9.17, 15) is 8.42 Å². The van der Waals surface area contributed by atoms with Gasteiger partial charge in [-0.05, 0) is 36.3 Å². The first-order chi connectivity index (χ1) is 14.8. The molecule has 3 aromatic rings. The average Bonchev–Trinajstić information content (AvgIpc) is 3.14. The molecule has 8 nitrogen and oxygen atoms in total. The summed E-state index contributed by atoms with van der Waals surface area (Å²) in [5, 5.41) is 7.67. The van der Waals surface area contributed by atoms with Crippen molar-refractivity contribution in [2.45, 2.75) is 50.3 Å². The van der Waals surface area contributed by atoms with E-state index in [1.54, 1.807) is 41.6 Å². The van der Waals surface area contributed by atoms with E-state index in [0.29, 0.717) is 35.3 Å². The summed E-state index contributed by atoms with van der Waals surface area (Å²) in [6.07, 6.45) is 9.83. The lowest BCUT2D eigenvalue weighted by Crippen LogP contribution is -2.34. The van der Waals surface area contributed by atoms with Gasteiger partial charge in [-0.1, -0.05) is 33.3 Å². The first-order valence-corrected chi connectivity index (χ1v) is 11.9. The fraction of sp³-hybridized carbons (Fsp3) is 0.409. The Morgan fingerprint density at radius 1 is 1.13 bits per heavy atom. The molecule has 0 atom stereocenters. The van der Waals surface area contributed by atoms with Crippen molar-refractivity contribution in [2.24, 2.45) is 5.92 Å². The SMILES string of the molecule is CC(C)(C)c1c(-n2nccc2Nc2cnccn2)cccc1S(=O)(=O)NCC1CCC1. The van der Waals surface area contributed by atoms with Gasteiger partial charge < -0.3 is 5.32 Å². The molecule has 2 N–H and O–H groups in total. The largest absolute Gasteiger partial charge is 0.324 e. The lowest BCUT2D eigenvalue weighted by Gasteiger charge is -2.28. The van der Waals surface area contributed by atoms with Gasteiger partial charge in [0.05, 0.1) is 23.0 Å². The molecule has 1 aromatic carbocycles. The molecule has 0 unspecified atom stereocenters. The molecule has 1 aliphatic rings. The zero-order chi connectivity index (χ0) is 22.1. The van der Waals surface area contributed by atoms with Crippen LogP contribution in [0.15, 0.2) is 53.9 Å². The Hall–Kier alpha value is -2.78. The smallest absolute Gasteiger partial charge is 0.240 e. The summed E-state index contributed by atoms with van der Waals surface area (Å²) in [5.74, 6) is 1.68. The van der Waals surface area contributed by atoms with Crippen molar-refractivity contribution in [3.63, 3.8) is 0 Å². The molecule has 2 heterocycles. The molecule has 0 amide bonds. The van der Waals surface area contributed by atoms with Crippen LogP contribution in [0.2, 0.25) is 0 Å². The molecule has 0 spiro atoms. The maximum Gasteiger partial charge on any atom is 0.240 e. The van der Waals surface area contributed by atoms with E-state index in [1.807, 2.05) is 32.9 Å². The van der Waals surface area contributed by atoms with Gasteiger partial charge in [-0.15, -0.1) is 0 Å². The highest BCUT2D eigenvalue weighted by Gasteiger charge is 2.30. The summed E-state index contributed by atoms with van der Waals surface area (Å²) >= 11 is 0. The van der Waals surface area contributed by atoms with Gasteiger partial charge >= 0.3 is 0 Å². The molecular weight excluding hydrogens is 412 g/mol. The van der Waals surface area contributed by atoms with Crippen LogP contribution in [0.1, 0.15) is 45.6 Å². The second-order valence-corrected chi connectivity index (χ2v) is 10.6. The summed E-state index contributed by atoms with van der Waals surface area (Å²) in [6, 6.07) is 7.14. The van der Waals surface area contributed by atoms with Crippen molar-refractivity contribution >= 4 is 21.7 Å².